The molecule has 1 aromatic heterocycles. The number of hydrogen-bond acceptors (Lipinski definition) is 1. The Kier molecular flexibility index (Phi) is 4.72. The van der Waals surface area contributed by atoms with Crippen LogP contribution in [0.15, 0.2) is 89.3 Å². The Hall–Kier alpha value is -3.36. The summed E-state index contributed by atoms with van der Waals surface area (Å²) in [4.78, 5) is 0. The highest BCUT2D eigenvalue weighted by molar-refractivity contribution is 6.05. The summed E-state index contributed by atoms with van der Waals surface area (Å²) in [6, 6.07) is 28.1. The molecule has 1 N–H and O–H groups in total. The van der Waals surface area contributed by atoms with Gasteiger partial charge in [0.1, 0.15) is 5.75 Å². The minimum absolute atomic E-state index is 0. The number of hydrogen-bond donors (Lipinski definition) is 1. The van der Waals surface area contributed by atoms with Crippen molar-refractivity contribution >= 4 is 44.7 Å². The standard InChI is InChI=1S/C25H16O2.ClH/c26-24-15-9-17-5-1-3-7-20(17)22(24)13-11-19-12-14-23-21-8-4-2-6-18(21)10-16-25(23)27-19;/h1-16H;1H. The van der Waals surface area contributed by atoms with Crippen LogP contribution < -0.4 is 12.4 Å². The summed E-state index contributed by atoms with van der Waals surface area (Å²) in [5, 5.41) is 15.9. The molecule has 136 valence electrons. The van der Waals surface area contributed by atoms with Crippen molar-refractivity contribution in [3.63, 3.8) is 0 Å². The Labute approximate surface area is 168 Å². The van der Waals surface area contributed by atoms with Gasteiger partial charge in [0, 0.05) is 23.8 Å². The normalized spacial score (nSPS) is 11.3. The molecule has 2 nitrogen and oxygen atoms in total. The molecule has 0 atom stereocenters. The maximum atomic E-state index is 10.3. The lowest BCUT2D eigenvalue weighted by atomic mass is 10.0. The van der Waals surface area contributed by atoms with E-state index in [0.717, 1.165) is 33.1 Å². The van der Waals surface area contributed by atoms with Gasteiger partial charge < -0.3 is 17.5 Å². The van der Waals surface area contributed by atoms with Crippen molar-refractivity contribution in [3.8, 4) is 5.75 Å². The van der Waals surface area contributed by atoms with Crippen LogP contribution >= 0.6 is 0 Å². The lowest BCUT2D eigenvalue weighted by molar-refractivity contribution is -0.00000655. The van der Waals surface area contributed by atoms with Gasteiger partial charge in [-0.25, -0.2) is 4.42 Å². The lowest BCUT2D eigenvalue weighted by Gasteiger charge is -2.04. The van der Waals surface area contributed by atoms with Gasteiger partial charge in [0.15, 0.2) is 0 Å². The molecule has 28 heavy (non-hydrogen) atoms. The maximum absolute atomic E-state index is 10.3. The highest BCUT2D eigenvalue weighted by Gasteiger charge is 2.12. The van der Waals surface area contributed by atoms with Crippen LogP contribution in [0.5, 0.6) is 5.75 Å². The Balaban J connectivity index is 0.00000192. The predicted molar refractivity (Wildman–Crippen MR) is 113 cm³/mol. The van der Waals surface area contributed by atoms with Gasteiger partial charge in [-0.3, -0.25) is 0 Å². The molecule has 0 aliphatic heterocycles. The Bertz CT molecular complexity index is 1340. The van der Waals surface area contributed by atoms with E-state index in [1.165, 1.54) is 10.8 Å². The quantitative estimate of drug-likeness (QED) is 0.370. The van der Waals surface area contributed by atoms with Crippen LogP contribution in [-0.2, 0) is 0 Å². The van der Waals surface area contributed by atoms with Crippen molar-refractivity contribution in [1.82, 2.24) is 0 Å². The molecular formula is C25H17ClO2. The van der Waals surface area contributed by atoms with Gasteiger partial charge in [0.2, 0.25) is 0 Å². The highest BCUT2D eigenvalue weighted by atomic mass is 35.5. The second kappa shape index (κ2) is 7.34. The summed E-state index contributed by atoms with van der Waals surface area (Å²) in [6.45, 7) is 0. The zero-order valence-electron chi connectivity index (χ0n) is 15.0. The zero-order valence-corrected chi connectivity index (χ0v) is 15.7. The summed E-state index contributed by atoms with van der Waals surface area (Å²) < 4.78 is 6.08. The monoisotopic (exact) mass is 384 g/mol. The van der Waals surface area contributed by atoms with E-state index in [4.69, 9.17) is 4.42 Å². The molecule has 0 radical (unpaired) electrons. The molecule has 5 rings (SSSR count). The SMILES string of the molecule is Oc1ccc2ccccc2c1C=Cc1ccc2c(ccc3ccccc32)[o+]1.[Cl-]. The molecule has 0 saturated carbocycles. The van der Waals surface area contributed by atoms with Crippen molar-refractivity contribution in [2.75, 3.05) is 0 Å². The average molecular weight is 385 g/mol. The van der Waals surface area contributed by atoms with Gasteiger partial charge in [-0.15, -0.1) is 0 Å². The predicted octanol–water partition coefficient (Wildman–Crippen LogP) is 3.90. The summed E-state index contributed by atoms with van der Waals surface area (Å²) in [6.07, 6.45) is 3.81. The van der Waals surface area contributed by atoms with Gasteiger partial charge in [-0.2, -0.15) is 0 Å². The molecule has 4 aromatic carbocycles. The molecule has 0 unspecified atom stereocenters. The largest absolute Gasteiger partial charge is 1.00 e. The molecule has 0 aliphatic rings. The Morgan fingerprint density at radius 1 is 0.607 bits per heavy atom. The van der Waals surface area contributed by atoms with Crippen LogP contribution in [0, 0.1) is 0 Å². The van der Waals surface area contributed by atoms with E-state index in [9.17, 15) is 5.11 Å². The van der Waals surface area contributed by atoms with Crippen LogP contribution in [0.3, 0.4) is 0 Å². The number of halogens is 1. The number of benzene rings is 4. The molecule has 0 spiro atoms. The third-order valence-electron chi connectivity index (χ3n) is 4.93. The van der Waals surface area contributed by atoms with Crippen molar-refractivity contribution in [2.24, 2.45) is 0 Å². The fourth-order valence-electron chi connectivity index (χ4n) is 3.58. The Morgan fingerprint density at radius 2 is 1.29 bits per heavy atom. The van der Waals surface area contributed by atoms with Gasteiger partial charge in [-0.1, -0.05) is 54.6 Å². The lowest BCUT2D eigenvalue weighted by Crippen LogP contribution is -3.00. The van der Waals surface area contributed by atoms with Crippen LogP contribution in [0.2, 0.25) is 0 Å². The first-order valence-corrected chi connectivity index (χ1v) is 8.93. The van der Waals surface area contributed by atoms with E-state index in [1.54, 1.807) is 6.07 Å². The van der Waals surface area contributed by atoms with Gasteiger partial charge in [0.05, 0.1) is 5.39 Å². The number of rotatable bonds is 2. The molecule has 1 heterocycles. The van der Waals surface area contributed by atoms with Crippen LogP contribution in [0.25, 0.3) is 44.7 Å². The van der Waals surface area contributed by atoms with E-state index in [1.807, 2.05) is 66.7 Å². The fraction of sp³-hybridized carbons (Fsp3) is 0. The van der Waals surface area contributed by atoms with Crippen molar-refractivity contribution < 1.29 is 21.9 Å². The summed E-state index contributed by atoms with van der Waals surface area (Å²) in [5.74, 6) is 1.00. The minimum Gasteiger partial charge on any atom is -1.00 e. The summed E-state index contributed by atoms with van der Waals surface area (Å²) in [7, 11) is 0. The van der Waals surface area contributed by atoms with Crippen molar-refractivity contribution in [2.45, 2.75) is 0 Å². The zero-order chi connectivity index (χ0) is 18.2. The maximum Gasteiger partial charge on any atom is 0.361 e. The Morgan fingerprint density at radius 3 is 2.11 bits per heavy atom. The van der Waals surface area contributed by atoms with E-state index < -0.39 is 0 Å². The number of fused-ring (bicyclic) bond motifs is 4. The first-order chi connectivity index (χ1) is 13.3. The molecular weight excluding hydrogens is 368 g/mol. The molecule has 0 amide bonds. The van der Waals surface area contributed by atoms with Gasteiger partial charge in [0.25, 0.3) is 0 Å². The van der Waals surface area contributed by atoms with E-state index in [2.05, 4.69) is 24.3 Å². The number of phenols is 1. The molecule has 3 heteroatoms. The number of phenolic OH excluding ortho intramolecular Hbond substituents is 1. The van der Waals surface area contributed by atoms with Gasteiger partial charge in [-0.05, 0) is 45.8 Å². The second-order valence-corrected chi connectivity index (χ2v) is 6.59. The molecule has 0 saturated heterocycles. The fourth-order valence-corrected chi connectivity index (χ4v) is 3.58. The first-order valence-electron chi connectivity index (χ1n) is 8.93. The second-order valence-electron chi connectivity index (χ2n) is 6.59. The van der Waals surface area contributed by atoms with Gasteiger partial charge >= 0.3 is 11.3 Å². The minimum atomic E-state index is 0. The smallest absolute Gasteiger partial charge is 0.361 e. The summed E-state index contributed by atoms with van der Waals surface area (Å²) in [5.41, 5.74) is 1.64. The average Bonchev–Trinajstić information content (AvgIpc) is 2.72. The topological polar surface area (TPSA) is 31.5 Å². The highest BCUT2D eigenvalue weighted by Crippen LogP contribution is 2.30. The van der Waals surface area contributed by atoms with E-state index in [0.29, 0.717) is 0 Å². The molecule has 0 bridgehead atoms. The summed E-state index contributed by atoms with van der Waals surface area (Å²) >= 11 is 0. The van der Waals surface area contributed by atoms with Crippen molar-refractivity contribution in [3.05, 3.63) is 96.3 Å². The van der Waals surface area contributed by atoms with Crippen LogP contribution in [-0.4, -0.2) is 5.11 Å². The van der Waals surface area contributed by atoms with Crippen LogP contribution in [0.1, 0.15) is 11.3 Å². The van der Waals surface area contributed by atoms with E-state index >= 15 is 0 Å². The number of aromatic hydroxyl groups is 1. The molecule has 0 fully saturated rings. The first kappa shape index (κ1) is 18.0. The third kappa shape index (κ3) is 3.08. The van der Waals surface area contributed by atoms with Crippen LogP contribution in [0.4, 0.5) is 0 Å². The van der Waals surface area contributed by atoms with Crippen molar-refractivity contribution in [1.29, 1.82) is 0 Å². The third-order valence-corrected chi connectivity index (χ3v) is 4.93. The van der Waals surface area contributed by atoms with E-state index in [-0.39, 0.29) is 18.2 Å². The molecule has 0 aliphatic carbocycles. The molecule has 5 aromatic rings.